The number of nitrogens with one attached hydrogen (secondary N) is 2. The number of ether oxygens (including phenoxy) is 1. The van der Waals surface area contributed by atoms with Gasteiger partial charge in [-0.1, -0.05) is 11.2 Å². The van der Waals surface area contributed by atoms with Gasteiger partial charge in [0.15, 0.2) is 11.6 Å². The van der Waals surface area contributed by atoms with E-state index >= 15 is 0 Å². The Labute approximate surface area is 203 Å². The van der Waals surface area contributed by atoms with Crippen molar-refractivity contribution >= 4 is 18.0 Å². The molecule has 0 radical (unpaired) electrons. The monoisotopic (exact) mass is 483 g/mol. The van der Waals surface area contributed by atoms with Crippen molar-refractivity contribution in [1.29, 1.82) is 0 Å². The number of hydrogen-bond donors (Lipinski definition) is 2. The highest BCUT2D eigenvalue weighted by Crippen LogP contribution is 2.35. The molecule has 1 atom stereocenters. The second-order valence-corrected chi connectivity index (χ2v) is 9.03. The molecule has 9 nitrogen and oxygen atoms in total. The number of hydrogen-bond acceptors (Lipinski definition) is 7. The third kappa shape index (κ3) is 6.12. The van der Waals surface area contributed by atoms with Gasteiger partial charge in [-0.05, 0) is 68.2 Å². The van der Waals surface area contributed by atoms with Gasteiger partial charge >= 0.3 is 0 Å². The van der Waals surface area contributed by atoms with Crippen molar-refractivity contribution in [3.63, 3.8) is 0 Å². The van der Waals surface area contributed by atoms with Crippen LogP contribution >= 0.6 is 0 Å². The Bertz CT molecular complexity index is 1100. The van der Waals surface area contributed by atoms with E-state index in [2.05, 4.69) is 25.8 Å². The van der Waals surface area contributed by atoms with Crippen LogP contribution in [0.15, 0.2) is 29.4 Å². The summed E-state index contributed by atoms with van der Waals surface area (Å²) >= 11 is 0. The van der Waals surface area contributed by atoms with Crippen molar-refractivity contribution in [3.05, 3.63) is 52.9 Å². The summed E-state index contributed by atoms with van der Waals surface area (Å²) in [5.41, 5.74) is 2.23. The zero-order valence-corrected chi connectivity index (χ0v) is 19.9. The maximum atomic E-state index is 13.6. The van der Waals surface area contributed by atoms with Gasteiger partial charge in [-0.15, -0.1) is 0 Å². The smallest absolute Gasteiger partial charge is 0.270 e. The van der Waals surface area contributed by atoms with Gasteiger partial charge in [0.25, 0.3) is 5.91 Å². The lowest BCUT2D eigenvalue weighted by atomic mass is 9.78. The fourth-order valence-corrected chi connectivity index (χ4v) is 4.70. The largest absolute Gasteiger partial charge is 0.494 e. The fraction of sp³-hybridized carbons (Fsp3) is 0.480. The van der Waals surface area contributed by atoms with Gasteiger partial charge in [0.1, 0.15) is 23.3 Å². The van der Waals surface area contributed by atoms with Gasteiger partial charge in [-0.2, -0.15) is 0 Å². The van der Waals surface area contributed by atoms with E-state index in [9.17, 15) is 14.0 Å². The fourth-order valence-electron chi connectivity index (χ4n) is 4.70. The minimum absolute atomic E-state index is 0.00835. The number of methoxy groups -OCH3 is 1. The van der Waals surface area contributed by atoms with E-state index in [1.54, 1.807) is 25.1 Å². The number of benzene rings is 1. The Kier molecular flexibility index (Phi) is 7.89. The van der Waals surface area contributed by atoms with Crippen LogP contribution in [0.5, 0.6) is 5.75 Å². The topological polar surface area (TPSA) is 115 Å². The zero-order valence-electron chi connectivity index (χ0n) is 19.9. The predicted molar refractivity (Wildman–Crippen MR) is 126 cm³/mol. The maximum Gasteiger partial charge on any atom is 0.270 e. The Hall–Kier alpha value is -3.56. The normalized spacial score (nSPS) is 21.6. The average Bonchev–Trinajstić information content (AvgIpc) is 3.37. The van der Waals surface area contributed by atoms with E-state index in [1.165, 1.54) is 13.2 Å². The van der Waals surface area contributed by atoms with Crippen LogP contribution < -0.4 is 15.4 Å². The number of oxime groups is 1. The molecule has 4 rings (SSSR count). The van der Waals surface area contributed by atoms with E-state index in [0.717, 1.165) is 38.6 Å². The van der Waals surface area contributed by atoms with Crippen LogP contribution in [0.3, 0.4) is 0 Å². The minimum Gasteiger partial charge on any atom is -0.494 e. The van der Waals surface area contributed by atoms with Gasteiger partial charge in [0, 0.05) is 19.5 Å². The summed E-state index contributed by atoms with van der Waals surface area (Å²) in [5, 5.41) is 9.86. The van der Waals surface area contributed by atoms with Crippen molar-refractivity contribution in [2.45, 2.75) is 51.7 Å². The van der Waals surface area contributed by atoms with Gasteiger partial charge in [0.05, 0.1) is 12.8 Å². The van der Waals surface area contributed by atoms with Crippen LogP contribution in [0.4, 0.5) is 4.39 Å². The predicted octanol–water partition coefficient (Wildman–Crippen LogP) is 2.91. The van der Waals surface area contributed by atoms with Gasteiger partial charge < -0.3 is 20.2 Å². The molecule has 1 aliphatic heterocycles. The van der Waals surface area contributed by atoms with Crippen molar-refractivity contribution in [2.75, 3.05) is 13.7 Å². The molecule has 2 aromatic rings. The summed E-state index contributed by atoms with van der Waals surface area (Å²) < 4.78 is 18.6. The highest BCUT2D eigenvalue weighted by atomic mass is 19.1. The summed E-state index contributed by atoms with van der Waals surface area (Å²) in [6, 6.07) is 6.06. The van der Waals surface area contributed by atoms with Crippen LogP contribution in [0.2, 0.25) is 0 Å². The molecule has 2 amide bonds. The van der Waals surface area contributed by atoms with Crippen LogP contribution in [0, 0.1) is 24.6 Å². The van der Waals surface area contributed by atoms with Crippen LogP contribution in [-0.4, -0.2) is 47.8 Å². The summed E-state index contributed by atoms with van der Waals surface area (Å²) in [4.78, 5) is 37.8. The lowest BCUT2D eigenvalue weighted by Crippen LogP contribution is -2.30. The Morgan fingerprint density at radius 1 is 1.23 bits per heavy atom. The third-order valence-electron chi connectivity index (χ3n) is 6.63. The van der Waals surface area contributed by atoms with Gasteiger partial charge in [-0.25, -0.2) is 14.4 Å². The molecule has 0 bridgehead atoms. The molecule has 2 heterocycles. The van der Waals surface area contributed by atoms with Gasteiger partial charge in [-0.3, -0.25) is 9.59 Å². The molecule has 2 N–H and O–H groups in total. The molecular weight excluding hydrogens is 453 g/mol. The minimum atomic E-state index is -0.459. The van der Waals surface area contributed by atoms with Crippen LogP contribution in [0.25, 0.3) is 0 Å². The van der Waals surface area contributed by atoms with E-state index in [0.29, 0.717) is 41.1 Å². The van der Waals surface area contributed by atoms with Crippen molar-refractivity contribution in [3.8, 4) is 5.75 Å². The highest BCUT2D eigenvalue weighted by Gasteiger charge is 2.34. The molecule has 0 spiro atoms. The standard InChI is InChI=1S/C25H30FN5O4/c1-15-29-20(21-11-23(35-31-21)18-6-3-16(4-7-18)12-27-14-32)10-22(30-15)25(33)28-13-17-5-8-19(26)24(9-17)34-2/h5,8-10,14,16,18,23H,3-4,6-7,11-13H2,1-2H3,(H,27,32)(H,28,33). The molecule has 1 aromatic carbocycles. The average molecular weight is 484 g/mol. The molecule has 0 saturated heterocycles. The Balaban J connectivity index is 1.35. The lowest BCUT2D eigenvalue weighted by Gasteiger charge is -2.30. The molecule has 10 heteroatoms. The molecule has 35 heavy (non-hydrogen) atoms. The lowest BCUT2D eigenvalue weighted by molar-refractivity contribution is -0.109. The zero-order chi connectivity index (χ0) is 24.8. The number of halogens is 1. The van der Waals surface area contributed by atoms with Crippen molar-refractivity contribution < 1.29 is 23.6 Å². The number of rotatable bonds is 9. The van der Waals surface area contributed by atoms with Gasteiger partial charge in [0.2, 0.25) is 6.41 Å². The van der Waals surface area contributed by atoms with Crippen LogP contribution in [-0.2, 0) is 16.2 Å². The summed E-state index contributed by atoms with van der Waals surface area (Å²) in [6.07, 6.45) is 5.55. The second-order valence-electron chi connectivity index (χ2n) is 9.03. The van der Waals surface area contributed by atoms with E-state index in [1.807, 2.05) is 0 Å². The number of carbonyl (C=O) groups is 2. The first-order chi connectivity index (χ1) is 17.0. The molecule has 2 aliphatic rings. The second kappa shape index (κ2) is 11.2. The van der Waals surface area contributed by atoms with Crippen LogP contribution in [0.1, 0.15) is 59.7 Å². The van der Waals surface area contributed by atoms with E-state index in [-0.39, 0.29) is 30.0 Å². The molecule has 1 saturated carbocycles. The number of carbonyl (C=O) groups excluding carboxylic acids is 2. The number of aromatic nitrogens is 2. The van der Waals surface area contributed by atoms with E-state index < -0.39 is 5.82 Å². The first-order valence-electron chi connectivity index (χ1n) is 11.8. The molecular formula is C25H30FN5O4. The first kappa shape index (κ1) is 24.6. The highest BCUT2D eigenvalue weighted by molar-refractivity contribution is 6.01. The van der Waals surface area contributed by atoms with Crippen molar-refractivity contribution in [1.82, 2.24) is 20.6 Å². The molecule has 186 valence electrons. The van der Waals surface area contributed by atoms with Crippen molar-refractivity contribution in [2.24, 2.45) is 17.0 Å². The summed E-state index contributed by atoms with van der Waals surface area (Å²) in [5.74, 6) is 0.682. The first-order valence-corrected chi connectivity index (χ1v) is 11.8. The maximum absolute atomic E-state index is 13.6. The molecule has 1 unspecified atom stereocenters. The quantitative estimate of drug-likeness (QED) is 0.530. The SMILES string of the molecule is COc1cc(CNC(=O)c2cc(C3=NOC(C4CCC(CNC=O)CC4)C3)nc(C)n2)ccc1F. The molecule has 1 aliphatic carbocycles. The number of nitrogens with zero attached hydrogens (tertiary/aromatic N) is 3. The number of aryl methyl sites for hydroxylation is 1. The Morgan fingerprint density at radius 3 is 2.77 bits per heavy atom. The summed E-state index contributed by atoms with van der Waals surface area (Å²) in [6.45, 7) is 2.65. The Morgan fingerprint density at radius 2 is 2.03 bits per heavy atom. The third-order valence-corrected chi connectivity index (χ3v) is 6.63. The number of amides is 2. The molecule has 1 fully saturated rings. The van der Waals surface area contributed by atoms with E-state index in [4.69, 9.17) is 9.57 Å². The molecule has 1 aromatic heterocycles. The summed E-state index contributed by atoms with van der Waals surface area (Å²) in [7, 11) is 1.39.